The molecule has 0 radical (unpaired) electrons. The minimum atomic E-state index is -0.675. The van der Waals surface area contributed by atoms with Crippen LogP contribution < -0.4 is 10.1 Å². The number of thioether (sulfide) groups is 1. The summed E-state index contributed by atoms with van der Waals surface area (Å²) in [5.74, 6) is 1.90. The first kappa shape index (κ1) is 19.9. The number of benzene rings is 2. The van der Waals surface area contributed by atoms with Crippen LogP contribution in [-0.4, -0.2) is 27.3 Å². The third-order valence-corrected chi connectivity index (χ3v) is 6.38. The molecule has 5 heteroatoms. The number of nitrogens with zero attached hydrogens (tertiary/aromatic N) is 1. The van der Waals surface area contributed by atoms with Crippen molar-refractivity contribution in [3.63, 3.8) is 0 Å². The van der Waals surface area contributed by atoms with Gasteiger partial charge in [-0.25, -0.2) is 4.99 Å². The average Bonchev–Trinajstić information content (AvgIpc) is 2.64. The Labute approximate surface area is 177 Å². The first-order chi connectivity index (χ1) is 13.8. The Kier molecular flexibility index (Phi) is 5.11. The van der Waals surface area contributed by atoms with Crippen molar-refractivity contribution in [2.24, 2.45) is 4.99 Å². The maximum Gasteiger partial charge on any atom is 0.206 e. The van der Waals surface area contributed by atoms with Gasteiger partial charge in [0.25, 0.3) is 0 Å². The predicted octanol–water partition coefficient (Wildman–Crippen LogP) is 5.36. The summed E-state index contributed by atoms with van der Waals surface area (Å²) in [7, 11) is 0. The average molecular weight is 409 g/mol. The normalized spacial score (nSPS) is 24.8. The molecule has 152 valence electrons. The van der Waals surface area contributed by atoms with Gasteiger partial charge in [0.15, 0.2) is 5.17 Å². The van der Waals surface area contributed by atoms with Crippen LogP contribution in [-0.2, 0) is 0 Å². The molecule has 2 aromatic carbocycles. The van der Waals surface area contributed by atoms with Gasteiger partial charge in [0.05, 0.1) is 0 Å². The lowest BCUT2D eigenvalue weighted by Gasteiger charge is -2.47. The van der Waals surface area contributed by atoms with Crippen LogP contribution >= 0.6 is 11.8 Å². The second-order valence-corrected chi connectivity index (χ2v) is 9.60. The zero-order chi connectivity index (χ0) is 20.6. The first-order valence-corrected chi connectivity index (χ1v) is 11.0. The molecule has 4 nitrogen and oxygen atoms in total. The van der Waals surface area contributed by atoms with Crippen LogP contribution in [0.15, 0.2) is 60.1 Å². The lowest BCUT2D eigenvalue weighted by Crippen LogP contribution is -2.57. The van der Waals surface area contributed by atoms with E-state index in [4.69, 9.17) is 9.73 Å². The van der Waals surface area contributed by atoms with E-state index in [9.17, 15) is 5.11 Å². The summed E-state index contributed by atoms with van der Waals surface area (Å²) in [6, 6.07) is 14.1. The Morgan fingerprint density at radius 3 is 2.79 bits per heavy atom. The van der Waals surface area contributed by atoms with Gasteiger partial charge in [-0.3, -0.25) is 0 Å². The number of aryl methyl sites for hydroxylation is 1. The van der Waals surface area contributed by atoms with Crippen LogP contribution in [0.25, 0.3) is 0 Å². The SMILES string of the molecule is C=CCSC1=N[C@@]2(C[C@@H](c3ccccc3)c3c(C)cc(O)cc3O2)CC(C)(C)N1. The molecular formula is C24H28N2O2S. The Bertz CT molecular complexity index is 955. The van der Waals surface area contributed by atoms with Gasteiger partial charge in [-0.15, -0.1) is 6.58 Å². The van der Waals surface area contributed by atoms with Crippen LogP contribution in [0.1, 0.15) is 49.3 Å². The first-order valence-electron chi connectivity index (χ1n) is 10.0. The van der Waals surface area contributed by atoms with Crippen molar-refractivity contribution in [2.75, 3.05) is 5.75 Å². The van der Waals surface area contributed by atoms with Gasteiger partial charge in [-0.05, 0) is 38.0 Å². The zero-order valence-electron chi connectivity index (χ0n) is 17.2. The fourth-order valence-electron chi connectivity index (χ4n) is 4.58. The van der Waals surface area contributed by atoms with E-state index >= 15 is 0 Å². The van der Waals surface area contributed by atoms with Gasteiger partial charge in [0, 0.05) is 41.7 Å². The molecule has 2 N–H and O–H groups in total. The monoisotopic (exact) mass is 408 g/mol. The summed E-state index contributed by atoms with van der Waals surface area (Å²) in [6.07, 6.45) is 3.39. The molecule has 0 unspecified atom stereocenters. The Morgan fingerprint density at radius 2 is 2.07 bits per heavy atom. The van der Waals surface area contributed by atoms with Gasteiger partial charge in [-0.2, -0.15) is 0 Å². The third kappa shape index (κ3) is 4.01. The quantitative estimate of drug-likeness (QED) is 0.672. The fraction of sp³-hybridized carbons (Fsp3) is 0.375. The summed E-state index contributed by atoms with van der Waals surface area (Å²) in [6.45, 7) is 10.2. The molecule has 0 amide bonds. The number of phenolic OH excluding ortho intramolecular Hbond substituents is 1. The summed E-state index contributed by atoms with van der Waals surface area (Å²) in [5.41, 5.74) is 2.60. The van der Waals surface area contributed by atoms with E-state index in [0.717, 1.165) is 40.6 Å². The van der Waals surface area contributed by atoms with E-state index in [0.29, 0.717) is 0 Å². The maximum atomic E-state index is 10.2. The van der Waals surface area contributed by atoms with Crippen molar-refractivity contribution >= 4 is 16.9 Å². The van der Waals surface area contributed by atoms with Gasteiger partial charge >= 0.3 is 0 Å². The van der Waals surface area contributed by atoms with Crippen LogP contribution in [0.3, 0.4) is 0 Å². The van der Waals surface area contributed by atoms with Crippen LogP contribution in [0.4, 0.5) is 0 Å². The molecular weight excluding hydrogens is 380 g/mol. The molecule has 29 heavy (non-hydrogen) atoms. The van der Waals surface area contributed by atoms with Crippen molar-refractivity contribution in [3.05, 3.63) is 71.8 Å². The summed E-state index contributed by atoms with van der Waals surface area (Å²) in [5, 5.41) is 14.7. The van der Waals surface area contributed by atoms with E-state index in [2.05, 4.69) is 50.0 Å². The summed E-state index contributed by atoms with van der Waals surface area (Å²) >= 11 is 1.64. The van der Waals surface area contributed by atoms with E-state index in [-0.39, 0.29) is 17.2 Å². The van der Waals surface area contributed by atoms with Crippen LogP contribution in [0.5, 0.6) is 11.5 Å². The minimum Gasteiger partial charge on any atom is -0.508 e. The van der Waals surface area contributed by atoms with Gasteiger partial charge < -0.3 is 15.2 Å². The standard InChI is InChI=1S/C24H28N2O2S/c1-5-11-29-22-25-23(3,4)15-24(26-22)14-19(17-9-7-6-8-10-17)21-16(2)12-18(27)13-20(21)28-24/h5-10,12-13,19,27H,1,11,14-15H2,2-4H3,(H,25,26)/t19-,24+/m0/s1. The lowest BCUT2D eigenvalue weighted by molar-refractivity contribution is 0.0132. The predicted molar refractivity (Wildman–Crippen MR) is 121 cm³/mol. The number of phenols is 1. The maximum absolute atomic E-state index is 10.2. The highest BCUT2D eigenvalue weighted by Gasteiger charge is 2.48. The van der Waals surface area contributed by atoms with Gasteiger partial charge in [-0.1, -0.05) is 48.2 Å². The number of aliphatic imine (C=N–C) groups is 1. The molecule has 2 atom stereocenters. The third-order valence-electron chi connectivity index (χ3n) is 5.51. The van der Waals surface area contributed by atoms with Crippen molar-refractivity contribution in [3.8, 4) is 11.5 Å². The molecule has 0 saturated heterocycles. The molecule has 2 heterocycles. The second kappa shape index (κ2) is 7.45. The van der Waals surface area contributed by atoms with E-state index in [1.807, 2.05) is 25.1 Å². The van der Waals surface area contributed by atoms with Crippen molar-refractivity contribution in [1.29, 1.82) is 0 Å². The Hall–Kier alpha value is -2.40. The topological polar surface area (TPSA) is 53.9 Å². The highest BCUT2D eigenvalue weighted by atomic mass is 32.2. The molecule has 0 bridgehead atoms. The van der Waals surface area contributed by atoms with Crippen molar-refractivity contribution in [1.82, 2.24) is 5.32 Å². The molecule has 4 rings (SSSR count). The molecule has 2 aliphatic rings. The smallest absolute Gasteiger partial charge is 0.206 e. The highest BCUT2D eigenvalue weighted by molar-refractivity contribution is 8.13. The lowest BCUT2D eigenvalue weighted by atomic mass is 9.76. The van der Waals surface area contributed by atoms with E-state index < -0.39 is 5.72 Å². The Balaban J connectivity index is 1.85. The highest BCUT2D eigenvalue weighted by Crippen LogP contribution is 2.50. The number of nitrogens with one attached hydrogen (secondary N) is 1. The number of ether oxygens (including phenoxy) is 1. The molecule has 2 aliphatic heterocycles. The summed E-state index contributed by atoms with van der Waals surface area (Å²) in [4.78, 5) is 5.06. The molecule has 1 spiro atoms. The van der Waals surface area contributed by atoms with Gasteiger partial charge in [0.1, 0.15) is 11.5 Å². The molecule has 2 aromatic rings. The number of fused-ring (bicyclic) bond motifs is 1. The summed E-state index contributed by atoms with van der Waals surface area (Å²) < 4.78 is 6.59. The number of aromatic hydroxyl groups is 1. The molecule has 0 saturated carbocycles. The van der Waals surface area contributed by atoms with Crippen molar-refractivity contribution < 1.29 is 9.84 Å². The van der Waals surface area contributed by atoms with Crippen molar-refractivity contribution in [2.45, 2.75) is 50.8 Å². The van der Waals surface area contributed by atoms with E-state index in [1.165, 1.54) is 5.56 Å². The fourth-order valence-corrected chi connectivity index (χ4v) is 5.43. The molecule has 0 aromatic heterocycles. The number of amidine groups is 1. The van der Waals surface area contributed by atoms with Crippen LogP contribution in [0, 0.1) is 6.92 Å². The number of rotatable bonds is 3. The number of hydrogen-bond acceptors (Lipinski definition) is 5. The minimum absolute atomic E-state index is 0.156. The van der Waals surface area contributed by atoms with E-state index in [1.54, 1.807) is 17.8 Å². The molecule has 0 aliphatic carbocycles. The van der Waals surface area contributed by atoms with Crippen LogP contribution in [0.2, 0.25) is 0 Å². The largest absolute Gasteiger partial charge is 0.508 e. The second-order valence-electron chi connectivity index (χ2n) is 8.59. The zero-order valence-corrected chi connectivity index (χ0v) is 18.1. The Morgan fingerprint density at radius 1 is 1.31 bits per heavy atom. The number of hydrogen-bond donors (Lipinski definition) is 2. The molecule has 0 fully saturated rings. The van der Waals surface area contributed by atoms with Gasteiger partial charge in [0.2, 0.25) is 5.72 Å².